The molecule has 1 aromatic rings. The van der Waals surface area contributed by atoms with Crippen LogP contribution in [0.2, 0.25) is 5.02 Å². The second kappa shape index (κ2) is 4.57. The van der Waals surface area contributed by atoms with Crippen LogP contribution in [0.4, 0.5) is 0 Å². The first-order chi connectivity index (χ1) is 6.65. The Hall–Kier alpha value is -0.873. The van der Waals surface area contributed by atoms with E-state index in [9.17, 15) is 0 Å². The molecule has 78 valence electrons. The first kappa shape index (κ1) is 11.2. The summed E-state index contributed by atoms with van der Waals surface area (Å²) in [5.74, 6) is 1.73. The Morgan fingerprint density at radius 1 is 1.07 bits per heavy atom. The molecule has 1 aromatic carbocycles. The van der Waals surface area contributed by atoms with Crippen molar-refractivity contribution in [1.29, 1.82) is 0 Å². The van der Waals surface area contributed by atoms with Crippen LogP contribution in [-0.4, -0.2) is 31.6 Å². The summed E-state index contributed by atoms with van der Waals surface area (Å²) in [4.78, 5) is 0. The molecule has 0 saturated heterocycles. The predicted molar refractivity (Wildman–Crippen MR) is 60.7 cm³/mol. The second-order valence-electron chi connectivity index (χ2n) is 2.78. The highest BCUT2D eigenvalue weighted by Gasteiger charge is 2.16. The highest BCUT2D eigenvalue weighted by atomic mass is 35.5. The summed E-state index contributed by atoms with van der Waals surface area (Å²) in [7, 11) is 5.54. The van der Waals surface area contributed by atoms with Crippen LogP contribution in [0.25, 0.3) is 0 Å². The van der Waals surface area contributed by atoms with E-state index in [1.54, 1.807) is 21.3 Å². The van der Waals surface area contributed by atoms with E-state index < -0.39 is 0 Å². The molecular formula is C9H13ClO3Si. The van der Waals surface area contributed by atoms with Crippen LogP contribution < -0.4 is 19.4 Å². The van der Waals surface area contributed by atoms with Gasteiger partial charge in [-0.25, -0.2) is 0 Å². The van der Waals surface area contributed by atoms with Crippen molar-refractivity contribution in [2.24, 2.45) is 0 Å². The number of methoxy groups -OCH3 is 3. The van der Waals surface area contributed by atoms with Crippen LogP contribution in [0.1, 0.15) is 0 Å². The average molecular weight is 233 g/mol. The molecule has 0 amide bonds. The van der Waals surface area contributed by atoms with Gasteiger partial charge >= 0.3 is 0 Å². The minimum Gasteiger partial charge on any atom is -0.493 e. The summed E-state index contributed by atoms with van der Waals surface area (Å²) in [6.07, 6.45) is 0. The molecule has 1 rings (SSSR count). The molecule has 0 radical (unpaired) electrons. The van der Waals surface area contributed by atoms with Gasteiger partial charge in [0.2, 0.25) is 5.75 Å². The van der Waals surface area contributed by atoms with Crippen molar-refractivity contribution < 1.29 is 14.2 Å². The van der Waals surface area contributed by atoms with Crippen LogP contribution in [0.15, 0.2) is 6.07 Å². The van der Waals surface area contributed by atoms with Crippen molar-refractivity contribution in [2.75, 3.05) is 21.3 Å². The maximum absolute atomic E-state index is 6.08. The molecule has 0 aromatic heterocycles. The Balaban J connectivity index is 3.42. The van der Waals surface area contributed by atoms with Crippen molar-refractivity contribution in [3.63, 3.8) is 0 Å². The van der Waals surface area contributed by atoms with E-state index >= 15 is 0 Å². The zero-order valence-corrected chi connectivity index (χ0v) is 11.4. The first-order valence-corrected chi connectivity index (χ1v) is 5.48. The lowest BCUT2D eigenvalue weighted by Crippen LogP contribution is -2.08. The summed E-state index contributed by atoms with van der Waals surface area (Å²) >= 11 is 6.08. The Morgan fingerprint density at radius 2 is 1.64 bits per heavy atom. The molecule has 0 aliphatic heterocycles. The third kappa shape index (κ3) is 1.81. The quantitative estimate of drug-likeness (QED) is 0.705. The molecular weight excluding hydrogens is 220 g/mol. The van der Waals surface area contributed by atoms with Gasteiger partial charge in [-0.15, -0.1) is 0 Å². The number of halogens is 1. The highest BCUT2D eigenvalue weighted by Crippen LogP contribution is 2.40. The van der Waals surface area contributed by atoms with Gasteiger partial charge in [-0.2, -0.15) is 0 Å². The Morgan fingerprint density at radius 3 is 2.07 bits per heavy atom. The van der Waals surface area contributed by atoms with Crippen LogP contribution in [0, 0.1) is 0 Å². The number of hydrogen-bond donors (Lipinski definition) is 0. The van der Waals surface area contributed by atoms with E-state index in [1.165, 1.54) is 0 Å². The molecule has 0 heterocycles. The topological polar surface area (TPSA) is 27.7 Å². The summed E-state index contributed by atoms with van der Waals surface area (Å²) in [6, 6.07) is 1.87. The monoisotopic (exact) mass is 232 g/mol. The summed E-state index contributed by atoms with van der Waals surface area (Å²) in [5, 5.41) is 1.64. The van der Waals surface area contributed by atoms with E-state index in [0.717, 1.165) is 15.4 Å². The second-order valence-corrected chi connectivity index (χ2v) is 4.23. The van der Waals surface area contributed by atoms with Gasteiger partial charge in [0.1, 0.15) is 0 Å². The van der Waals surface area contributed by atoms with E-state index in [1.807, 2.05) is 6.07 Å². The fourth-order valence-corrected chi connectivity index (χ4v) is 1.95. The van der Waals surface area contributed by atoms with Crippen molar-refractivity contribution in [1.82, 2.24) is 0 Å². The van der Waals surface area contributed by atoms with Crippen molar-refractivity contribution in [2.45, 2.75) is 0 Å². The zero-order chi connectivity index (χ0) is 10.7. The molecule has 3 nitrogen and oxygen atoms in total. The molecule has 0 bridgehead atoms. The molecule has 0 spiro atoms. The Bertz CT molecular complexity index is 341. The number of hydrogen-bond acceptors (Lipinski definition) is 3. The molecule has 0 atom stereocenters. The van der Waals surface area contributed by atoms with E-state index in [2.05, 4.69) is 0 Å². The van der Waals surface area contributed by atoms with Crippen molar-refractivity contribution >= 4 is 27.0 Å². The van der Waals surface area contributed by atoms with Gasteiger partial charge in [-0.1, -0.05) is 11.6 Å². The van der Waals surface area contributed by atoms with Gasteiger partial charge in [0.15, 0.2) is 11.5 Å². The van der Waals surface area contributed by atoms with E-state index in [-0.39, 0.29) is 0 Å². The average Bonchev–Trinajstić information content (AvgIpc) is 2.20. The Labute approximate surface area is 91.3 Å². The molecule has 14 heavy (non-hydrogen) atoms. The summed E-state index contributed by atoms with van der Waals surface area (Å²) in [5.41, 5.74) is 0. The third-order valence-electron chi connectivity index (χ3n) is 1.95. The molecule has 0 aliphatic rings. The normalized spacial score (nSPS) is 10.0. The van der Waals surface area contributed by atoms with Crippen molar-refractivity contribution in [3.8, 4) is 17.2 Å². The molecule has 0 N–H and O–H groups in total. The van der Waals surface area contributed by atoms with Crippen LogP contribution in [-0.2, 0) is 0 Å². The van der Waals surface area contributed by atoms with E-state index in [4.69, 9.17) is 25.8 Å². The molecule has 0 unspecified atom stereocenters. The molecule has 0 fully saturated rings. The van der Waals surface area contributed by atoms with Crippen LogP contribution >= 0.6 is 11.6 Å². The van der Waals surface area contributed by atoms with Crippen molar-refractivity contribution in [3.05, 3.63) is 11.1 Å². The number of rotatable bonds is 3. The van der Waals surface area contributed by atoms with Gasteiger partial charge in [0.25, 0.3) is 0 Å². The molecule has 5 heteroatoms. The van der Waals surface area contributed by atoms with Gasteiger partial charge in [0.05, 0.1) is 26.4 Å². The predicted octanol–water partition coefficient (Wildman–Crippen LogP) is 0.356. The van der Waals surface area contributed by atoms with Gasteiger partial charge in [0, 0.05) is 10.2 Å². The summed E-state index contributed by atoms with van der Waals surface area (Å²) in [6.45, 7) is 0. The van der Waals surface area contributed by atoms with Crippen LogP contribution in [0.5, 0.6) is 17.2 Å². The number of ether oxygens (including phenoxy) is 3. The third-order valence-corrected chi connectivity index (χ3v) is 3.53. The fourth-order valence-electron chi connectivity index (χ4n) is 1.24. The lowest BCUT2D eigenvalue weighted by Gasteiger charge is -2.14. The standard InChI is InChI=1S/C9H13ClO3Si/c1-11-5-4-6(14)7(10)9(13-3)8(5)12-2/h4H,1-3,14H3. The molecule has 0 saturated carbocycles. The van der Waals surface area contributed by atoms with Gasteiger partial charge in [-0.05, 0) is 11.3 Å². The minimum atomic E-state index is 0.540. The fraction of sp³-hybridized carbons (Fsp3) is 0.333. The van der Waals surface area contributed by atoms with Gasteiger partial charge < -0.3 is 14.2 Å². The largest absolute Gasteiger partial charge is 0.493 e. The SMILES string of the molecule is COc1cc([SiH3])c(Cl)c(OC)c1OC. The Kier molecular flexibility index (Phi) is 3.66. The smallest absolute Gasteiger partial charge is 0.204 e. The van der Waals surface area contributed by atoms with Crippen LogP contribution in [0.3, 0.4) is 0 Å². The lowest BCUT2D eigenvalue weighted by atomic mass is 10.3. The minimum absolute atomic E-state index is 0.540. The molecule has 0 aliphatic carbocycles. The maximum Gasteiger partial charge on any atom is 0.204 e. The summed E-state index contributed by atoms with van der Waals surface area (Å²) < 4.78 is 15.5. The van der Waals surface area contributed by atoms with E-state index in [0.29, 0.717) is 22.3 Å². The number of benzene rings is 1. The highest BCUT2D eigenvalue weighted by molar-refractivity contribution is 6.46. The lowest BCUT2D eigenvalue weighted by molar-refractivity contribution is 0.325. The van der Waals surface area contributed by atoms with Gasteiger partial charge in [-0.3, -0.25) is 0 Å². The zero-order valence-electron chi connectivity index (χ0n) is 8.68. The maximum atomic E-state index is 6.08. The first-order valence-electron chi connectivity index (χ1n) is 4.10.